The lowest BCUT2D eigenvalue weighted by molar-refractivity contribution is -0.0952. The average Bonchev–Trinajstić information content (AvgIpc) is 3.05. The summed E-state index contributed by atoms with van der Waals surface area (Å²) in [4.78, 5) is 14.5. The van der Waals surface area contributed by atoms with Crippen LogP contribution in [0.15, 0.2) is 40.8 Å². The SMILES string of the molecule is Cc1[nH]n(C)c(=O)c1C1C(O)C(C=C2N(CCO)c3ccccc3C2(C)C)C1O. The van der Waals surface area contributed by atoms with Crippen LogP contribution in [-0.2, 0) is 12.5 Å². The number of aliphatic hydroxyl groups is 3. The van der Waals surface area contributed by atoms with Gasteiger partial charge >= 0.3 is 0 Å². The molecular formula is C22H29N3O4. The second-order valence-electron chi connectivity index (χ2n) is 8.67. The van der Waals surface area contributed by atoms with Crippen molar-refractivity contribution >= 4 is 5.69 Å². The molecule has 0 spiro atoms. The monoisotopic (exact) mass is 399 g/mol. The molecule has 29 heavy (non-hydrogen) atoms. The van der Waals surface area contributed by atoms with E-state index in [1.54, 1.807) is 14.0 Å². The maximum Gasteiger partial charge on any atom is 0.270 e. The number of nitrogens with zero attached hydrogens (tertiary/aromatic N) is 2. The van der Waals surface area contributed by atoms with E-state index in [1.807, 2.05) is 24.3 Å². The molecule has 7 heteroatoms. The van der Waals surface area contributed by atoms with Gasteiger partial charge in [0.25, 0.3) is 5.56 Å². The number of allylic oxidation sites excluding steroid dienone is 1. The van der Waals surface area contributed by atoms with Gasteiger partial charge in [-0.15, -0.1) is 0 Å². The minimum absolute atomic E-state index is 0.00125. The summed E-state index contributed by atoms with van der Waals surface area (Å²) in [6.07, 6.45) is 0.221. The molecular weight excluding hydrogens is 370 g/mol. The first-order valence-electron chi connectivity index (χ1n) is 10.0. The normalized spacial score (nSPS) is 29.2. The van der Waals surface area contributed by atoms with E-state index in [0.29, 0.717) is 17.8 Å². The van der Waals surface area contributed by atoms with E-state index in [9.17, 15) is 20.1 Å². The lowest BCUT2D eigenvalue weighted by Crippen LogP contribution is -2.54. The molecule has 1 fully saturated rings. The maximum absolute atomic E-state index is 12.4. The first kappa shape index (κ1) is 19.9. The van der Waals surface area contributed by atoms with Gasteiger partial charge in [0, 0.05) is 53.5 Å². The number of anilines is 1. The highest BCUT2D eigenvalue weighted by atomic mass is 16.3. The number of hydrogen-bond acceptors (Lipinski definition) is 5. The van der Waals surface area contributed by atoms with Crippen LogP contribution in [0.4, 0.5) is 5.69 Å². The van der Waals surface area contributed by atoms with Crippen molar-refractivity contribution in [3.8, 4) is 0 Å². The highest BCUT2D eigenvalue weighted by Crippen LogP contribution is 2.50. The van der Waals surface area contributed by atoms with Crippen molar-refractivity contribution in [2.75, 3.05) is 18.1 Å². The van der Waals surface area contributed by atoms with Crippen LogP contribution in [0.3, 0.4) is 0 Å². The van der Waals surface area contributed by atoms with Crippen molar-refractivity contribution in [1.82, 2.24) is 9.78 Å². The molecule has 4 rings (SSSR count). The number of fused-ring (bicyclic) bond motifs is 1. The predicted octanol–water partition coefficient (Wildman–Crippen LogP) is 1.13. The molecule has 0 amide bonds. The van der Waals surface area contributed by atoms with Crippen molar-refractivity contribution < 1.29 is 15.3 Å². The molecule has 1 aliphatic heterocycles. The minimum atomic E-state index is -0.852. The van der Waals surface area contributed by atoms with Gasteiger partial charge in [0.05, 0.1) is 18.8 Å². The summed E-state index contributed by atoms with van der Waals surface area (Å²) in [5.74, 6) is -1.09. The number of hydrogen-bond donors (Lipinski definition) is 4. The van der Waals surface area contributed by atoms with Crippen molar-refractivity contribution in [2.24, 2.45) is 13.0 Å². The van der Waals surface area contributed by atoms with Crippen LogP contribution in [0, 0.1) is 12.8 Å². The summed E-state index contributed by atoms with van der Waals surface area (Å²) in [6, 6.07) is 8.06. The van der Waals surface area contributed by atoms with Gasteiger partial charge in [-0.2, -0.15) is 0 Å². The van der Waals surface area contributed by atoms with Crippen molar-refractivity contribution in [1.29, 1.82) is 0 Å². The van der Waals surface area contributed by atoms with Gasteiger partial charge in [-0.25, -0.2) is 0 Å². The Labute approximate surface area is 169 Å². The first-order valence-corrected chi connectivity index (χ1v) is 10.0. The molecule has 0 saturated heterocycles. The summed E-state index contributed by atoms with van der Waals surface area (Å²) < 4.78 is 1.37. The van der Waals surface area contributed by atoms with Gasteiger partial charge in [-0.1, -0.05) is 38.1 Å². The van der Waals surface area contributed by atoms with E-state index in [-0.39, 0.29) is 17.6 Å². The molecule has 1 aromatic heterocycles. The number of nitrogens with one attached hydrogen (secondary N) is 1. The quantitative estimate of drug-likeness (QED) is 0.617. The Balaban J connectivity index is 1.70. The van der Waals surface area contributed by atoms with E-state index in [2.05, 4.69) is 29.9 Å². The topological polar surface area (TPSA) is 102 Å². The molecule has 2 atom stereocenters. The van der Waals surface area contributed by atoms with E-state index < -0.39 is 24.0 Å². The number of para-hydroxylation sites is 1. The minimum Gasteiger partial charge on any atom is -0.395 e. The summed E-state index contributed by atoms with van der Waals surface area (Å²) in [7, 11) is 1.63. The highest BCUT2D eigenvalue weighted by Gasteiger charge is 2.52. The predicted molar refractivity (Wildman–Crippen MR) is 111 cm³/mol. The molecule has 0 radical (unpaired) electrons. The fraction of sp³-hybridized carbons (Fsp3) is 0.500. The third-order valence-electron chi connectivity index (χ3n) is 6.61. The van der Waals surface area contributed by atoms with Crippen LogP contribution >= 0.6 is 0 Å². The maximum atomic E-state index is 12.4. The molecule has 156 valence electrons. The number of aromatic nitrogens is 2. The third kappa shape index (κ3) is 2.79. The lowest BCUT2D eigenvalue weighted by Gasteiger charge is -2.45. The van der Waals surface area contributed by atoms with Crippen LogP contribution < -0.4 is 10.5 Å². The Kier molecular flexibility index (Phi) is 4.72. The fourth-order valence-electron chi connectivity index (χ4n) is 5.04. The van der Waals surface area contributed by atoms with Crippen LogP contribution in [0.5, 0.6) is 0 Å². The fourth-order valence-corrected chi connectivity index (χ4v) is 5.04. The van der Waals surface area contributed by atoms with Crippen LogP contribution in [0.1, 0.15) is 36.6 Å². The number of rotatable bonds is 4. The standard InChI is InChI=1S/C22H29N3O4/c1-12-17(21(29)24(4)23-12)18-19(27)13(20(18)28)11-16-22(2,3)14-7-5-6-8-15(14)25(16)9-10-26/h5-8,11,13,18-20,23,26-28H,9-10H2,1-4H3. The Morgan fingerprint density at radius 3 is 2.45 bits per heavy atom. The molecule has 7 nitrogen and oxygen atoms in total. The van der Waals surface area contributed by atoms with E-state index in [0.717, 1.165) is 16.9 Å². The Morgan fingerprint density at radius 1 is 1.21 bits per heavy atom. The number of aliphatic hydroxyl groups excluding tert-OH is 3. The Morgan fingerprint density at radius 2 is 1.86 bits per heavy atom. The van der Waals surface area contributed by atoms with Gasteiger partial charge < -0.3 is 20.2 Å². The largest absolute Gasteiger partial charge is 0.395 e. The van der Waals surface area contributed by atoms with E-state index in [1.165, 1.54) is 4.68 Å². The lowest BCUT2D eigenvalue weighted by atomic mass is 9.65. The second kappa shape index (κ2) is 6.86. The van der Waals surface area contributed by atoms with Crippen LogP contribution in [0.25, 0.3) is 0 Å². The Hall–Kier alpha value is -2.35. The number of benzene rings is 1. The molecule has 4 N–H and O–H groups in total. The number of aromatic amines is 1. The number of H-pyrrole nitrogens is 1. The van der Waals surface area contributed by atoms with Crippen molar-refractivity contribution in [2.45, 2.75) is 44.3 Å². The van der Waals surface area contributed by atoms with E-state index >= 15 is 0 Å². The zero-order valence-electron chi connectivity index (χ0n) is 17.3. The Bertz CT molecular complexity index is 1010. The smallest absolute Gasteiger partial charge is 0.270 e. The zero-order chi connectivity index (χ0) is 21.1. The molecule has 1 saturated carbocycles. The van der Waals surface area contributed by atoms with Crippen LogP contribution in [-0.4, -0.2) is 50.5 Å². The zero-order valence-corrected chi connectivity index (χ0v) is 17.3. The van der Waals surface area contributed by atoms with Gasteiger partial charge in [0.1, 0.15) is 0 Å². The highest BCUT2D eigenvalue weighted by molar-refractivity contribution is 5.70. The van der Waals surface area contributed by atoms with Gasteiger partial charge in [-0.05, 0) is 18.6 Å². The summed E-state index contributed by atoms with van der Waals surface area (Å²) in [5, 5.41) is 34.3. The summed E-state index contributed by atoms with van der Waals surface area (Å²) in [6.45, 7) is 6.43. The molecule has 2 unspecified atom stereocenters. The molecule has 2 heterocycles. The van der Waals surface area contributed by atoms with Crippen molar-refractivity contribution in [3.05, 3.63) is 63.2 Å². The van der Waals surface area contributed by atoms with Gasteiger partial charge in [0.15, 0.2) is 0 Å². The van der Waals surface area contributed by atoms with Gasteiger partial charge in [0.2, 0.25) is 0 Å². The number of aryl methyl sites for hydroxylation is 2. The molecule has 2 aromatic rings. The molecule has 1 aromatic carbocycles. The second-order valence-corrected chi connectivity index (χ2v) is 8.67. The molecule has 2 aliphatic rings. The van der Waals surface area contributed by atoms with Crippen LogP contribution in [0.2, 0.25) is 0 Å². The summed E-state index contributed by atoms with van der Waals surface area (Å²) in [5.41, 5.74) is 3.71. The van der Waals surface area contributed by atoms with Gasteiger partial charge in [-0.3, -0.25) is 14.6 Å². The third-order valence-corrected chi connectivity index (χ3v) is 6.61. The van der Waals surface area contributed by atoms with Crippen molar-refractivity contribution in [3.63, 3.8) is 0 Å². The molecule has 0 bridgehead atoms. The average molecular weight is 399 g/mol. The summed E-state index contributed by atoms with van der Waals surface area (Å²) >= 11 is 0. The number of β-amino-alcohol motifs (C(OH)–C–C–N with tert-alkyl or cyclic N) is 1. The molecule has 1 aliphatic carbocycles. The first-order chi connectivity index (χ1) is 13.7. The van der Waals surface area contributed by atoms with E-state index in [4.69, 9.17) is 0 Å².